The maximum absolute atomic E-state index is 6.59. The van der Waals surface area contributed by atoms with Crippen molar-refractivity contribution < 1.29 is 0 Å². The third-order valence-electron chi connectivity index (χ3n) is 4.88. The average Bonchev–Trinajstić information content (AvgIpc) is 3.33. The molecule has 3 saturated carbocycles. The summed E-state index contributed by atoms with van der Waals surface area (Å²) in [6.45, 7) is 3.36. The van der Waals surface area contributed by atoms with E-state index in [9.17, 15) is 0 Å². The van der Waals surface area contributed by atoms with Crippen molar-refractivity contribution in [3.05, 3.63) is 28.8 Å². The molecule has 3 fully saturated rings. The third kappa shape index (κ3) is 3.92. The Balaban J connectivity index is 1.44. The Morgan fingerprint density at radius 3 is 2.19 bits per heavy atom. The van der Waals surface area contributed by atoms with Crippen LogP contribution in [0.5, 0.6) is 0 Å². The smallest absolute Gasteiger partial charge is 0.0642 e. The second kappa shape index (κ2) is 5.81. The van der Waals surface area contributed by atoms with Crippen LogP contribution < -0.4 is 10.2 Å². The predicted molar refractivity (Wildman–Crippen MR) is 89.0 cm³/mol. The summed E-state index contributed by atoms with van der Waals surface area (Å²) < 4.78 is 0. The van der Waals surface area contributed by atoms with Gasteiger partial charge in [-0.3, -0.25) is 0 Å². The fourth-order valence-corrected chi connectivity index (χ4v) is 3.28. The number of hydrogen-bond donors (Lipinski definition) is 1. The summed E-state index contributed by atoms with van der Waals surface area (Å²) in [5.41, 5.74) is 2.57. The second-order valence-corrected chi connectivity index (χ2v) is 7.64. The van der Waals surface area contributed by atoms with E-state index < -0.39 is 0 Å². The molecule has 3 heteroatoms. The van der Waals surface area contributed by atoms with Gasteiger partial charge >= 0.3 is 0 Å². The Hall–Kier alpha value is -0.730. The van der Waals surface area contributed by atoms with E-state index in [2.05, 4.69) is 28.4 Å². The van der Waals surface area contributed by atoms with Crippen LogP contribution in [0.4, 0.5) is 5.69 Å². The van der Waals surface area contributed by atoms with Gasteiger partial charge in [-0.2, -0.15) is 0 Å². The van der Waals surface area contributed by atoms with Crippen LogP contribution >= 0.6 is 11.6 Å². The van der Waals surface area contributed by atoms with Crippen molar-refractivity contribution in [3.63, 3.8) is 0 Å². The van der Waals surface area contributed by atoms with E-state index in [4.69, 9.17) is 11.6 Å². The minimum atomic E-state index is 0.754. The predicted octanol–water partition coefficient (Wildman–Crippen LogP) is 4.22. The fraction of sp³-hybridized carbons (Fsp3) is 0.667. The summed E-state index contributed by atoms with van der Waals surface area (Å²) in [4.78, 5) is 2.55. The molecule has 0 aliphatic heterocycles. The molecule has 4 rings (SSSR count). The van der Waals surface area contributed by atoms with Gasteiger partial charge in [0.1, 0.15) is 0 Å². The molecule has 0 atom stereocenters. The van der Waals surface area contributed by atoms with Crippen LogP contribution in [-0.4, -0.2) is 19.1 Å². The average molecular weight is 305 g/mol. The van der Waals surface area contributed by atoms with Crippen LogP contribution in [0.15, 0.2) is 18.2 Å². The van der Waals surface area contributed by atoms with Gasteiger partial charge in [0, 0.05) is 25.7 Å². The first-order chi connectivity index (χ1) is 10.3. The molecule has 0 amide bonds. The van der Waals surface area contributed by atoms with Crippen LogP contribution in [0, 0.1) is 11.8 Å². The van der Waals surface area contributed by atoms with Crippen molar-refractivity contribution in [1.29, 1.82) is 0 Å². The first-order valence-electron chi connectivity index (χ1n) is 8.54. The maximum atomic E-state index is 6.59. The highest BCUT2D eigenvalue weighted by atomic mass is 35.5. The van der Waals surface area contributed by atoms with Gasteiger partial charge in [-0.05, 0) is 68.1 Å². The zero-order chi connectivity index (χ0) is 14.2. The van der Waals surface area contributed by atoms with Gasteiger partial charge in [0.05, 0.1) is 10.7 Å². The van der Waals surface area contributed by atoms with E-state index in [0.717, 1.165) is 29.4 Å². The highest BCUT2D eigenvalue weighted by molar-refractivity contribution is 6.33. The van der Waals surface area contributed by atoms with Crippen molar-refractivity contribution in [2.24, 2.45) is 11.8 Å². The summed E-state index contributed by atoms with van der Waals surface area (Å²) in [5, 5.41) is 4.50. The lowest BCUT2D eigenvalue weighted by molar-refractivity contribution is 0.676. The van der Waals surface area contributed by atoms with Crippen LogP contribution in [0.2, 0.25) is 5.02 Å². The van der Waals surface area contributed by atoms with Crippen molar-refractivity contribution in [2.75, 3.05) is 18.0 Å². The zero-order valence-electron chi connectivity index (χ0n) is 12.7. The van der Waals surface area contributed by atoms with Crippen molar-refractivity contribution in [3.8, 4) is 0 Å². The van der Waals surface area contributed by atoms with Crippen LogP contribution in [-0.2, 0) is 6.54 Å². The quantitative estimate of drug-likeness (QED) is 0.773. The van der Waals surface area contributed by atoms with Crippen molar-refractivity contribution in [2.45, 2.75) is 51.1 Å². The standard InChI is InChI=1S/C18H25ClN2/c19-17-9-15(10-20-16-6-7-16)5-8-18(17)21(11-13-1-2-13)12-14-3-4-14/h5,8-9,13-14,16,20H,1-4,6-7,10-12H2. The summed E-state index contributed by atoms with van der Waals surface area (Å²) in [6.07, 6.45) is 8.29. The molecule has 1 aromatic rings. The molecule has 114 valence electrons. The topological polar surface area (TPSA) is 15.3 Å². The Labute approximate surface area is 132 Å². The Bertz CT molecular complexity index is 490. The highest BCUT2D eigenvalue weighted by Crippen LogP contribution is 2.38. The molecule has 0 spiro atoms. The van der Waals surface area contributed by atoms with Gasteiger partial charge in [0.15, 0.2) is 0 Å². The Kier molecular flexibility index (Phi) is 3.85. The minimum absolute atomic E-state index is 0.754. The molecule has 3 aliphatic rings. The van der Waals surface area contributed by atoms with Gasteiger partial charge in [-0.1, -0.05) is 17.7 Å². The lowest BCUT2D eigenvalue weighted by Gasteiger charge is -2.26. The minimum Gasteiger partial charge on any atom is -0.370 e. The third-order valence-corrected chi connectivity index (χ3v) is 5.18. The summed E-state index contributed by atoms with van der Waals surface area (Å²) >= 11 is 6.59. The van der Waals surface area contributed by atoms with Gasteiger partial charge < -0.3 is 10.2 Å². The van der Waals surface area contributed by atoms with E-state index in [1.807, 2.05) is 0 Å². The zero-order valence-corrected chi connectivity index (χ0v) is 13.4. The number of hydrogen-bond acceptors (Lipinski definition) is 2. The van der Waals surface area contributed by atoms with E-state index in [-0.39, 0.29) is 0 Å². The van der Waals surface area contributed by atoms with Crippen LogP contribution in [0.3, 0.4) is 0 Å². The molecule has 0 radical (unpaired) electrons. The summed E-state index contributed by atoms with van der Waals surface area (Å²) in [6, 6.07) is 7.42. The van der Waals surface area contributed by atoms with E-state index >= 15 is 0 Å². The molecule has 2 nitrogen and oxygen atoms in total. The molecule has 0 saturated heterocycles. The number of nitrogens with one attached hydrogen (secondary N) is 1. The normalized spacial score (nSPS) is 21.6. The van der Waals surface area contributed by atoms with Gasteiger partial charge in [-0.25, -0.2) is 0 Å². The number of benzene rings is 1. The molecule has 0 heterocycles. The molecule has 0 unspecified atom stereocenters. The second-order valence-electron chi connectivity index (χ2n) is 7.23. The lowest BCUT2D eigenvalue weighted by Crippen LogP contribution is -2.28. The molecule has 1 N–H and O–H groups in total. The fourth-order valence-electron chi connectivity index (χ4n) is 2.96. The number of anilines is 1. The largest absolute Gasteiger partial charge is 0.370 e. The molecular formula is C18H25ClN2. The molecule has 0 aromatic heterocycles. The molecule has 21 heavy (non-hydrogen) atoms. The van der Waals surface area contributed by atoms with E-state index in [0.29, 0.717) is 0 Å². The molecule has 1 aromatic carbocycles. The summed E-state index contributed by atoms with van der Waals surface area (Å²) in [7, 11) is 0. The van der Waals surface area contributed by atoms with Gasteiger partial charge in [0.25, 0.3) is 0 Å². The lowest BCUT2D eigenvalue weighted by atomic mass is 10.1. The van der Waals surface area contributed by atoms with Crippen molar-refractivity contribution in [1.82, 2.24) is 5.32 Å². The first kappa shape index (κ1) is 13.9. The SMILES string of the molecule is Clc1cc(CNC2CC2)ccc1N(CC1CC1)CC1CC1. The maximum Gasteiger partial charge on any atom is 0.0642 e. The monoisotopic (exact) mass is 304 g/mol. The van der Waals surface area contributed by atoms with E-state index in [1.54, 1.807) is 0 Å². The first-order valence-corrected chi connectivity index (χ1v) is 8.92. The number of rotatable bonds is 8. The summed E-state index contributed by atoms with van der Waals surface area (Å²) in [5.74, 6) is 1.83. The van der Waals surface area contributed by atoms with Crippen molar-refractivity contribution >= 4 is 17.3 Å². The number of nitrogens with zero attached hydrogens (tertiary/aromatic N) is 1. The molecular weight excluding hydrogens is 280 g/mol. The number of halogens is 1. The van der Waals surface area contributed by atoms with Gasteiger partial charge in [0.2, 0.25) is 0 Å². The van der Waals surface area contributed by atoms with Crippen LogP contribution in [0.25, 0.3) is 0 Å². The molecule has 3 aliphatic carbocycles. The Morgan fingerprint density at radius 1 is 1.00 bits per heavy atom. The van der Waals surface area contributed by atoms with Gasteiger partial charge in [-0.15, -0.1) is 0 Å². The van der Waals surface area contributed by atoms with Crippen LogP contribution in [0.1, 0.15) is 44.1 Å². The Morgan fingerprint density at radius 2 is 1.67 bits per heavy atom. The highest BCUT2D eigenvalue weighted by Gasteiger charge is 2.30. The molecule has 0 bridgehead atoms. The van der Waals surface area contributed by atoms with E-state index in [1.165, 1.54) is 62.9 Å².